The Labute approximate surface area is 142 Å². The fourth-order valence-corrected chi connectivity index (χ4v) is 2.04. The van der Waals surface area contributed by atoms with Gasteiger partial charge in [0.1, 0.15) is 5.70 Å². The van der Waals surface area contributed by atoms with Crippen LogP contribution in [0.15, 0.2) is 23.9 Å². The second-order valence-corrected chi connectivity index (χ2v) is 4.76. The van der Waals surface area contributed by atoms with Gasteiger partial charge >= 0.3 is 17.9 Å². The van der Waals surface area contributed by atoms with Gasteiger partial charge in [-0.25, -0.2) is 14.4 Å². The first kappa shape index (κ1) is 18.8. The van der Waals surface area contributed by atoms with E-state index in [-0.39, 0.29) is 27.0 Å². The second-order valence-electron chi connectivity index (χ2n) is 3.97. The summed E-state index contributed by atoms with van der Waals surface area (Å²) in [6.07, 6.45) is 0.864. The molecule has 0 fully saturated rings. The number of esters is 3. The van der Waals surface area contributed by atoms with Crippen LogP contribution in [0, 0.1) is 0 Å². The predicted molar refractivity (Wildman–Crippen MR) is 83.5 cm³/mol. The van der Waals surface area contributed by atoms with Gasteiger partial charge in [0.05, 0.1) is 48.7 Å². The van der Waals surface area contributed by atoms with Gasteiger partial charge in [0.2, 0.25) is 0 Å². The zero-order valence-corrected chi connectivity index (χ0v) is 13.9. The van der Waals surface area contributed by atoms with Gasteiger partial charge in [-0.15, -0.1) is 0 Å². The Bertz CT molecular complexity index is 671. The topological polar surface area (TPSA) is 90.9 Å². The van der Waals surface area contributed by atoms with E-state index in [4.69, 9.17) is 23.2 Å². The zero-order valence-electron chi connectivity index (χ0n) is 12.4. The maximum Gasteiger partial charge on any atom is 0.354 e. The molecule has 0 aliphatic carbocycles. The van der Waals surface area contributed by atoms with Crippen molar-refractivity contribution in [1.82, 2.24) is 0 Å². The van der Waals surface area contributed by atoms with E-state index < -0.39 is 17.9 Å². The highest BCUT2D eigenvalue weighted by molar-refractivity contribution is 6.41. The van der Waals surface area contributed by atoms with Crippen molar-refractivity contribution in [2.75, 3.05) is 26.6 Å². The van der Waals surface area contributed by atoms with Crippen molar-refractivity contribution in [3.05, 3.63) is 39.5 Å². The van der Waals surface area contributed by atoms with Gasteiger partial charge < -0.3 is 19.5 Å². The summed E-state index contributed by atoms with van der Waals surface area (Å²) in [5.74, 6) is -2.34. The lowest BCUT2D eigenvalue weighted by molar-refractivity contribution is -0.138. The molecule has 0 saturated carbocycles. The monoisotopic (exact) mass is 361 g/mol. The number of hydrogen-bond donors (Lipinski definition) is 1. The molecule has 0 aliphatic rings. The van der Waals surface area contributed by atoms with Crippen LogP contribution in [0.3, 0.4) is 0 Å². The molecule has 9 heteroatoms. The molecule has 0 atom stereocenters. The van der Waals surface area contributed by atoms with Gasteiger partial charge in [-0.2, -0.15) is 0 Å². The van der Waals surface area contributed by atoms with Gasteiger partial charge in [-0.1, -0.05) is 23.2 Å². The number of halogens is 2. The van der Waals surface area contributed by atoms with Gasteiger partial charge in [0.25, 0.3) is 0 Å². The number of hydrogen-bond acceptors (Lipinski definition) is 7. The molecule has 1 rings (SSSR count). The largest absolute Gasteiger partial charge is 0.466 e. The number of anilines is 1. The van der Waals surface area contributed by atoms with Crippen LogP contribution in [-0.4, -0.2) is 39.2 Å². The van der Waals surface area contributed by atoms with E-state index in [9.17, 15) is 14.4 Å². The molecule has 0 unspecified atom stereocenters. The summed E-state index contributed by atoms with van der Waals surface area (Å²) in [5.41, 5.74) is -0.203. The summed E-state index contributed by atoms with van der Waals surface area (Å²) in [5, 5.41) is 2.60. The molecular formula is C14H13Cl2NO6. The second kappa shape index (κ2) is 8.40. The van der Waals surface area contributed by atoms with Gasteiger partial charge in [0.15, 0.2) is 0 Å². The van der Waals surface area contributed by atoms with Crippen molar-refractivity contribution < 1.29 is 28.6 Å². The van der Waals surface area contributed by atoms with Crippen molar-refractivity contribution in [2.45, 2.75) is 0 Å². The zero-order chi connectivity index (χ0) is 17.6. The molecule has 0 bridgehead atoms. The number of ether oxygens (including phenoxy) is 3. The van der Waals surface area contributed by atoms with Crippen LogP contribution in [0.25, 0.3) is 0 Å². The predicted octanol–water partition coefficient (Wildman–Crippen LogP) is 2.42. The van der Waals surface area contributed by atoms with E-state index in [0.29, 0.717) is 0 Å². The van der Waals surface area contributed by atoms with Crippen molar-refractivity contribution in [3.8, 4) is 0 Å². The van der Waals surface area contributed by atoms with Crippen LogP contribution in [0.4, 0.5) is 5.69 Å². The minimum absolute atomic E-state index is 0.0309. The highest BCUT2D eigenvalue weighted by Crippen LogP contribution is 2.34. The summed E-state index contributed by atoms with van der Waals surface area (Å²) in [4.78, 5) is 34.7. The lowest BCUT2D eigenvalue weighted by Gasteiger charge is -2.14. The number of benzene rings is 1. The Balaban J connectivity index is 3.33. The smallest absolute Gasteiger partial charge is 0.354 e. The highest BCUT2D eigenvalue weighted by atomic mass is 35.5. The van der Waals surface area contributed by atoms with E-state index in [1.54, 1.807) is 0 Å². The number of carbonyl (C=O) groups is 3. The molecule has 0 aliphatic heterocycles. The summed E-state index contributed by atoms with van der Waals surface area (Å²) in [6.45, 7) is 0. The van der Waals surface area contributed by atoms with E-state index in [0.717, 1.165) is 20.3 Å². The summed E-state index contributed by atoms with van der Waals surface area (Å²) in [7, 11) is 3.46. The first-order valence-electron chi connectivity index (χ1n) is 6.07. The molecule has 0 amide bonds. The number of nitrogens with one attached hydrogen (secondary N) is 1. The maximum absolute atomic E-state index is 11.7. The van der Waals surface area contributed by atoms with Gasteiger partial charge in [-0.05, 0) is 12.1 Å². The molecule has 1 aromatic carbocycles. The molecule has 1 aromatic rings. The molecule has 1 N–H and O–H groups in total. The molecule has 0 saturated heterocycles. The lowest BCUT2D eigenvalue weighted by atomic mass is 10.2. The van der Waals surface area contributed by atoms with Crippen LogP contribution >= 0.6 is 23.2 Å². The van der Waals surface area contributed by atoms with Crippen LogP contribution < -0.4 is 5.32 Å². The van der Waals surface area contributed by atoms with Crippen LogP contribution in [0.2, 0.25) is 10.0 Å². The van der Waals surface area contributed by atoms with Crippen LogP contribution in [-0.2, 0) is 23.8 Å². The Morgan fingerprint density at radius 1 is 1.04 bits per heavy atom. The molecular weight excluding hydrogens is 349 g/mol. The minimum atomic E-state index is -0.856. The molecule has 0 spiro atoms. The van der Waals surface area contributed by atoms with Crippen LogP contribution in [0.5, 0.6) is 0 Å². The summed E-state index contributed by atoms with van der Waals surface area (Å²) < 4.78 is 13.6. The third-order valence-corrected chi connectivity index (χ3v) is 3.33. The van der Waals surface area contributed by atoms with Crippen molar-refractivity contribution in [3.63, 3.8) is 0 Å². The van der Waals surface area contributed by atoms with Crippen molar-refractivity contribution >= 4 is 46.8 Å². The molecule has 124 valence electrons. The fraction of sp³-hybridized carbons (Fsp3) is 0.214. The Morgan fingerprint density at radius 3 is 2.22 bits per heavy atom. The highest BCUT2D eigenvalue weighted by Gasteiger charge is 2.20. The van der Waals surface area contributed by atoms with Crippen molar-refractivity contribution in [1.29, 1.82) is 0 Å². The van der Waals surface area contributed by atoms with Crippen LogP contribution in [0.1, 0.15) is 10.4 Å². The summed E-state index contributed by atoms with van der Waals surface area (Å²) in [6, 6.07) is 2.75. The Hall–Kier alpha value is -2.25. The maximum atomic E-state index is 11.7. The SMILES string of the molecule is COC(=O)/C=C(/Nc1c(Cl)ccc(C(=O)OC)c1Cl)C(=O)OC. The number of carbonyl (C=O) groups excluding carboxylic acids is 3. The van der Waals surface area contributed by atoms with E-state index >= 15 is 0 Å². The third-order valence-electron chi connectivity index (χ3n) is 2.62. The van der Waals surface area contributed by atoms with E-state index in [1.807, 2.05) is 0 Å². The Morgan fingerprint density at radius 2 is 1.70 bits per heavy atom. The molecule has 0 heterocycles. The average molecular weight is 362 g/mol. The summed E-state index contributed by atoms with van der Waals surface area (Å²) >= 11 is 12.1. The molecule has 0 aromatic heterocycles. The average Bonchev–Trinajstić information content (AvgIpc) is 2.55. The van der Waals surface area contributed by atoms with Gasteiger partial charge in [-0.3, -0.25) is 0 Å². The quantitative estimate of drug-likeness (QED) is 0.489. The standard InChI is InChI=1S/C14H13Cl2NO6/c1-21-10(18)6-9(14(20)23-3)17-12-8(15)5-4-7(11(12)16)13(19)22-2/h4-6,17H,1-3H3/b9-6+. The number of methoxy groups -OCH3 is 3. The molecule has 0 radical (unpaired) electrons. The third kappa shape index (κ3) is 4.61. The molecule has 23 heavy (non-hydrogen) atoms. The Kier molecular flexibility index (Phi) is 6.87. The normalized spacial score (nSPS) is 10.7. The van der Waals surface area contributed by atoms with E-state index in [1.165, 1.54) is 19.2 Å². The van der Waals surface area contributed by atoms with Crippen molar-refractivity contribution in [2.24, 2.45) is 0 Å². The first-order valence-corrected chi connectivity index (χ1v) is 6.82. The lowest BCUT2D eigenvalue weighted by Crippen LogP contribution is -2.16. The number of rotatable bonds is 5. The minimum Gasteiger partial charge on any atom is -0.466 e. The van der Waals surface area contributed by atoms with E-state index in [2.05, 4.69) is 19.5 Å². The van der Waals surface area contributed by atoms with Gasteiger partial charge in [0, 0.05) is 0 Å². The molecule has 7 nitrogen and oxygen atoms in total. The fourth-order valence-electron chi connectivity index (χ4n) is 1.50. The first-order chi connectivity index (χ1) is 10.8.